The van der Waals surface area contributed by atoms with Crippen LogP contribution in [0.3, 0.4) is 0 Å². The van der Waals surface area contributed by atoms with Gasteiger partial charge >= 0.3 is 0 Å². The van der Waals surface area contributed by atoms with Crippen molar-refractivity contribution in [1.29, 1.82) is 0 Å². The molecule has 0 radical (unpaired) electrons. The molecular weight excluding hydrogens is 302 g/mol. The third-order valence-corrected chi connectivity index (χ3v) is 4.86. The summed E-state index contributed by atoms with van der Waals surface area (Å²) in [4.78, 5) is 27.3. The second-order valence-corrected chi connectivity index (χ2v) is 6.79. The topological polar surface area (TPSA) is 71.0 Å². The molecule has 3 heterocycles. The maximum atomic E-state index is 11.3. The summed E-state index contributed by atoms with van der Waals surface area (Å²) in [5.74, 6) is 1.21. The van der Waals surface area contributed by atoms with Crippen LogP contribution in [0.15, 0.2) is 18.3 Å². The molecule has 1 fully saturated rings. The summed E-state index contributed by atoms with van der Waals surface area (Å²) in [6.45, 7) is 6.49. The number of hydrogen-bond donors (Lipinski definition) is 1. The molecule has 0 saturated heterocycles. The molecule has 1 amide bonds. The van der Waals surface area contributed by atoms with Gasteiger partial charge in [-0.3, -0.25) is 4.79 Å². The molecule has 4 rings (SSSR count). The Hall–Kier alpha value is -2.50. The minimum Gasteiger partial charge on any atom is -0.311 e. The summed E-state index contributed by atoms with van der Waals surface area (Å²) in [7, 11) is 0. The van der Waals surface area contributed by atoms with Crippen molar-refractivity contribution in [2.24, 2.45) is 0 Å². The van der Waals surface area contributed by atoms with Crippen LogP contribution < -0.4 is 10.2 Å². The van der Waals surface area contributed by atoms with Crippen LogP contribution >= 0.6 is 0 Å². The largest absolute Gasteiger partial charge is 0.311 e. The number of fused-ring (bicyclic) bond motifs is 2. The zero-order valence-electron chi connectivity index (χ0n) is 14.3. The molecule has 0 aromatic carbocycles. The van der Waals surface area contributed by atoms with Crippen LogP contribution in [0.5, 0.6) is 0 Å². The van der Waals surface area contributed by atoms with Gasteiger partial charge in [-0.15, -0.1) is 0 Å². The molecule has 0 atom stereocenters. The molecule has 1 aliphatic carbocycles. The standard InChI is InChI=1S/C18H21N5O/c1-4-13-7-11(2)20-17(22-13)23-10-18(5-6-18)14-9-19-16(8-15(14)23)21-12(3)24/h7-9H,4-6,10H2,1-3H3,(H,19,21,24). The summed E-state index contributed by atoms with van der Waals surface area (Å²) in [6.07, 6.45) is 5.13. The van der Waals surface area contributed by atoms with Crippen LogP contribution in [0, 0.1) is 6.92 Å². The Bertz CT molecular complexity index is 828. The van der Waals surface area contributed by atoms with E-state index in [1.807, 2.05) is 25.3 Å². The van der Waals surface area contributed by atoms with Crippen LogP contribution in [-0.2, 0) is 16.6 Å². The summed E-state index contributed by atoms with van der Waals surface area (Å²) >= 11 is 0. The number of nitrogens with zero attached hydrogens (tertiary/aromatic N) is 4. The predicted molar refractivity (Wildman–Crippen MR) is 92.6 cm³/mol. The Balaban J connectivity index is 1.79. The number of hydrogen-bond acceptors (Lipinski definition) is 5. The Morgan fingerprint density at radius 3 is 2.79 bits per heavy atom. The highest BCUT2D eigenvalue weighted by molar-refractivity contribution is 5.88. The van der Waals surface area contributed by atoms with Gasteiger partial charge in [-0.25, -0.2) is 15.0 Å². The number of amides is 1. The van der Waals surface area contributed by atoms with Gasteiger partial charge in [0.2, 0.25) is 11.9 Å². The van der Waals surface area contributed by atoms with Crippen molar-refractivity contribution in [2.45, 2.75) is 45.4 Å². The van der Waals surface area contributed by atoms with Crippen molar-refractivity contribution >= 4 is 23.4 Å². The molecular formula is C18H21N5O. The first-order valence-electron chi connectivity index (χ1n) is 8.41. The van der Waals surface area contributed by atoms with Crippen molar-refractivity contribution in [2.75, 3.05) is 16.8 Å². The van der Waals surface area contributed by atoms with Crippen molar-refractivity contribution in [1.82, 2.24) is 15.0 Å². The third kappa shape index (κ3) is 2.42. The second-order valence-electron chi connectivity index (χ2n) is 6.79. The van der Waals surface area contributed by atoms with Gasteiger partial charge in [0.15, 0.2) is 0 Å². The highest BCUT2D eigenvalue weighted by Crippen LogP contribution is 2.57. The monoisotopic (exact) mass is 323 g/mol. The number of carbonyl (C=O) groups excluding carboxylic acids is 1. The average molecular weight is 323 g/mol. The summed E-state index contributed by atoms with van der Waals surface area (Å²) in [5, 5.41) is 2.77. The van der Waals surface area contributed by atoms with E-state index in [2.05, 4.69) is 27.1 Å². The van der Waals surface area contributed by atoms with Crippen LogP contribution in [-0.4, -0.2) is 27.4 Å². The molecule has 0 bridgehead atoms. The van der Waals surface area contributed by atoms with E-state index in [0.29, 0.717) is 5.82 Å². The van der Waals surface area contributed by atoms with E-state index in [-0.39, 0.29) is 11.3 Å². The SMILES string of the molecule is CCc1cc(C)nc(N2CC3(CC3)c3cnc(NC(C)=O)cc32)n1. The lowest BCUT2D eigenvalue weighted by atomic mass is 10.0. The highest BCUT2D eigenvalue weighted by atomic mass is 16.1. The average Bonchev–Trinajstić information content (AvgIpc) is 3.24. The van der Waals surface area contributed by atoms with Gasteiger partial charge < -0.3 is 10.2 Å². The Morgan fingerprint density at radius 2 is 2.12 bits per heavy atom. The van der Waals surface area contributed by atoms with Gasteiger partial charge in [-0.2, -0.15) is 0 Å². The summed E-state index contributed by atoms with van der Waals surface area (Å²) in [6, 6.07) is 3.98. The molecule has 1 saturated carbocycles. The highest BCUT2D eigenvalue weighted by Gasteiger charge is 2.53. The fourth-order valence-electron chi connectivity index (χ4n) is 3.47. The van der Waals surface area contributed by atoms with Gasteiger partial charge in [0, 0.05) is 48.1 Å². The molecule has 1 aliphatic heterocycles. The first-order valence-corrected chi connectivity index (χ1v) is 8.41. The minimum atomic E-state index is -0.117. The van der Waals surface area contributed by atoms with E-state index < -0.39 is 0 Å². The fraction of sp³-hybridized carbons (Fsp3) is 0.444. The smallest absolute Gasteiger partial charge is 0.230 e. The van der Waals surface area contributed by atoms with Crippen LogP contribution in [0.4, 0.5) is 17.5 Å². The summed E-state index contributed by atoms with van der Waals surface area (Å²) < 4.78 is 0. The number of anilines is 3. The maximum absolute atomic E-state index is 11.3. The third-order valence-electron chi connectivity index (χ3n) is 4.86. The lowest BCUT2D eigenvalue weighted by Crippen LogP contribution is -2.22. The number of carbonyl (C=O) groups is 1. The zero-order chi connectivity index (χ0) is 16.9. The molecule has 6 nitrogen and oxygen atoms in total. The van der Waals surface area contributed by atoms with Gasteiger partial charge in [-0.1, -0.05) is 6.92 Å². The molecule has 24 heavy (non-hydrogen) atoms. The van der Waals surface area contributed by atoms with E-state index in [0.717, 1.165) is 36.0 Å². The van der Waals surface area contributed by atoms with Gasteiger partial charge in [0.25, 0.3) is 0 Å². The Kier molecular flexibility index (Phi) is 3.30. The Labute approximate surface area is 141 Å². The molecule has 1 N–H and O–H groups in total. The van der Waals surface area contributed by atoms with Crippen LogP contribution in [0.2, 0.25) is 0 Å². The lowest BCUT2D eigenvalue weighted by Gasteiger charge is -2.19. The molecule has 0 unspecified atom stereocenters. The van der Waals surface area contributed by atoms with E-state index in [1.54, 1.807) is 0 Å². The molecule has 6 heteroatoms. The van der Waals surface area contributed by atoms with Gasteiger partial charge in [-0.05, 0) is 32.3 Å². The van der Waals surface area contributed by atoms with Crippen molar-refractivity contribution < 1.29 is 4.79 Å². The minimum absolute atomic E-state index is 0.117. The quantitative estimate of drug-likeness (QED) is 0.940. The fourth-order valence-corrected chi connectivity index (χ4v) is 3.47. The van der Waals surface area contributed by atoms with E-state index in [9.17, 15) is 4.79 Å². The van der Waals surface area contributed by atoms with Crippen molar-refractivity contribution in [3.63, 3.8) is 0 Å². The van der Waals surface area contributed by atoms with E-state index in [1.165, 1.54) is 25.3 Å². The number of aryl methyl sites for hydroxylation is 2. The van der Waals surface area contributed by atoms with E-state index in [4.69, 9.17) is 4.98 Å². The predicted octanol–water partition coefficient (Wildman–Crippen LogP) is 2.88. The number of pyridine rings is 1. The van der Waals surface area contributed by atoms with Crippen molar-refractivity contribution in [3.05, 3.63) is 35.3 Å². The first kappa shape index (κ1) is 15.1. The van der Waals surface area contributed by atoms with Gasteiger partial charge in [0.05, 0.1) is 5.69 Å². The lowest BCUT2D eigenvalue weighted by molar-refractivity contribution is -0.114. The number of rotatable bonds is 3. The zero-order valence-corrected chi connectivity index (χ0v) is 14.3. The molecule has 1 spiro atoms. The van der Waals surface area contributed by atoms with Gasteiger partial charge in [0.1, 0.15) is 5.82 Å². The van der Waals surface area contributed by atoms with Crippen LogP contribution in [0.1, 0.15) is 43.6 Å². The van der Waals surface area contributed by atoms with Crippen LogP contribution in [0.25, 0.3) is 0 Å². The molecule has 124 valence electrons. The van der Waals surface area contributed by atoms with Crippen molar-refractivity contribution in [3.8, 4) is 0 Å². The second kappa shape index (κ2) is 5.26. The Morgan fingerprint density at radius 1 is 1.33 bits per heavy atom. The molecule has 2 aliphatic rings. The molecule has 2 aromatic heterocycles. The maximum Gasteiger partial charge on any atom is 0.230 e. The summed E-state index contributed by atoms with van der Waals surface area (Å²) in [5.41, 5.74) is 4.54. The number of nitrogens with one attached hydrogen (secondary N) is 1. The first-order chi connectivity index (χ1) is 11.5. The number of aromatic nitrogens is 3. The van der Waals surface area contributed by atoms with E-state index >= 15 is 0 Å². The molecule has 2 aromatic rings. The normalized spacial score (nSPS) is 17.0.